The molecule has 23 heavy (non-hydrogen) atoms. The lowest BCUT2D eigenvalue weighted by Gasteiger charge is -2.10. The van der Waals surface area contributed by atoms with Crippen molar-refractivity contribution < 1.29 is 22.7 Å². The van der Waals surface area contributed by atoms with Gasteiger partial charge in [0.15, 0.2) is 0 Å². The maximum absolute atomic E-state index is 12.0. The van der Waals surface area contributed by atoms with Crippen LogP contribution in [0, 0.1) is 6.92 Å². The fraction of sp³-hybridized carbons (Fsp3) is 0.250. The van der Waals surface area contributed by atoms with E-state index in [1.54, 1.807) is 6.20 Å². The third kappa shape index (κ3) is 5.28. The first-order valence-electron chi connectivity index (χ1n) is 6.83. The minimum Gasteiger partial charge on any atom is -0.487 e. The maximum atomic E-state index is 12.0. The van der Waals surface area contributed by atoms with Crippen LogP contribution in [-0.2, 0) is 6.61 Å². The van der Waals surface area contributed by atoms with Gasteiger partial charge in [0, 0.05) is 11.8 Å². The van der Waals surface area contributed by atoms with E-state index in [0.717, 1.165) is 11.3 Å². The largest absolute Gasteiger partial charge is 0.487 e. The van der Waals surface area contributed by atoms with Crippen molar-refractivity contribution in [2.45, 2.75) is 19.7 Å². The minimum absolute atomic E-state index is 0.135. The first-order valence-corrected chi connectivity index (χ1v) is 6.83. The van der Waals surface area contributed by atoms with Gasteiger partial charge in [-0.15, -0.1) is 0 Å². The zero-order valence-electron chi connectivity index (χ0n) is 12.4. The molecule has 2 rings (SSSR count). The van der Waals surface area contributed by atoms with Gasteiger partial charge in [-0.1, -0.05) is 6.07 Å². The molecule has 2 aromatic rings. The van der Waals surface area contributed by atoms with Crippen LogP contribution in [0.4, 0.5) is 13.2 Å². The quantitative estimate of drug-likeness (QED) is 0.918. The van der Waals surface area contributed by atoms with E-state index in [1.165, 1.54) is 24.3 Å². The normalized spacial score (nSPS) is 11.1. The van der Waals surface area contributed by atoms with E-state index >= 15 is 0 Å². The molecule has 0 bridgehead atoms. The smallest absolute Gasteiger partial charge is 0.405 e. The third-order valence-corrected chi connectivity index (χ3v) is 3.06. The van der Waals surface area contributed by atoms with Gasteiger partial charge in [0.05, 0.1) is 5.69 Å². The molecule has 1 N–H and O–H groups in total. The topological polar surface area (TPSA) is 51.2 Å². The van der Waals surface area contributed by atoms with E-state index in [0.29, 0.717) is 5.75 Å². The second kappa shape index (κ2) is 7.13. The summed E-state index contributed by atoms with van der Waals surface area (Å²) < 4.78 is 41.7. The Hall–Kier alpha value is -2.57. The summed E-state index contributed by atoms with van der Waals surface area (Å²) in [6.45, 7) is 0.828. The molecule has 0 saturated carbocycles. The Kier molecular flexibility index (Phi) is 5.20. The average molecular weight is 324 g/mol. The predicted molar refractivity (Wildman–Crippen MR) is 78.1 cm³/mol. The lowest BCUT2D eigenvalue weighted by Crippen LogP contribution is -2.33. The lowest BCUT2D eigenvalue weighted by molar-refractivity contribution is -0.123. The van der Waals surface area contributed by atoms with E-state index in [-0.39, 0.29) is 12.2 Å². The van der Waals surface area contributed by atoms with E-state index in [1.807, 2.05) is 24.4 Å². The van der Waals surface area contributed by atoms with Crippen molar-refractivity contribution in [2.75, 3.05) is 6.54 Å². The number of carbonyl (C=O) groups excluding carboxylic acids is 1. The highest BCUT2D eigenvalue weighted by Gasteiger charge is 2.27. The molecule has 122 valence electrons. The number of aromatic nitrogens is 1. The van der Waals surface area contributed by atoms with Gasteiger partial charge in [0.1, 0.15) is 18.9 Å². The van der Waals surface area contributed by atoms with Crippen LogP contribution in [0.25, 0.3) is 0 Å². The highest BCUT2D eigenvalue weighted by Crippen LogP contribution is 2.16. The van der Waals surface area contributed by atoms with Crippen LogP contribution in [-0.4, -0.2) is 23.6 Å². The standard InChI is InChI=1S/C16H15F3N2O2/c1-11-3-2-8-20-14(11)9-23-13-6-4-12(5-7-13)15(22)21-10-16(17,18)19/h2-8H,9-10H2,1H3,(H,21,22). The van der Waals surface area contributed by atoms with Crippen LogP contribution in [0.2, 0.25) is 0 Å². The Morgan fingerprint density at radius 2 is 1.91 bits per heavy atom. The van der Waals surface area contributed by atoms with Crippen LogP contribution in [0.5, 0.6) is 5.75 Å². The fourth-order valence-corrected chi connectivity index (χ4v) is 1.81. The second-order valence-electron chi connectivity index (χ2n) is 4.88. The zero-order valence-corrected chi connectivity index (χ0v) is 12.4. The van der Waals surface area contributed by atoms with Gasteiger partial charge in [-0.3, -0.25) is 9.78 Å². The molecule has 0 aliphatic carbocycles. The van der Waals surface area contributed by atoms with Crippen molar-refractivity contribution in [2.24, 2.45) is 0 Å². The van der Waals surface area contributed by atoms with Gasteiger partial charge < -0.3 is 10.1 Å². The molecule has 1 heterocycles. The van der Waals surface area contributed by atoms with E-state index in [2.05, 4.69) is 4.98 Å². The number of carbonyl (C=O) groups is 1. The zero-order chi connectivity index (χ0) is 16.9. The summed E-state index contributed by atoms with van der Waals surface area (Å²) >= 11 is 0. The molecule has 0 fully saturated rings. The predicted octanol–water partition coefficient (Wildman–Crippen LogP) is 3.26. The number of ether oxygens (including phenoxy) is 1. The maximum Gasteiger partial charge on any atom is 0.405 e. The summed E-state index contributed by atoms with van der Waals surface area (Å²) in [5.74, 6) is -0.281. The van der Waals surface area contributed by atoms with Gasteiger partial charge in [-0.2, -0.15) is 13.2 Å². The Morgan fingerprint density at radius 1 is 1.22 bits per heavy atom. The van der Waals surface area contributed by atoms with Crippen molar-refractivity contribution in [3.63, 3.8) is 0 Å². The summed E-state index contributed by atoms with van der Waals surface area (Å²) in [5, 5.41) is 1.81. The number of nitrogens with one attached hydrogen (secondary N) is 1. The summed E-state index contributed by atoms with van der Waals surface area (Å²) in [4.78, 5) is 15.8. The van der Waals surface area contributed by atoms with Crippen LogP contribution in [0.15, 0.2) is 42.6 Å². The molecule has 7 heteroatoms. The number of nitrogens with zero attached hydrogens (tertiary/aromatic N) is 1. The molecule has 0 spiro atoms. The summed E-state index contributed by atoms with van der Waals surface area (Å²) in [7, 11) is 0. The lowest BCUT2D eigenvalue weighted by atomic mass is 10.2. The van der Waals surface area contributed by atoms with Crippen molar-refractivity contribution in [3.8, 4) is 5.75 Å². The molecular weight excluding hydrogens is 309 g/mol. The Morgan fingerprint density at radius 3 is 2.52 bits per heavy atom. The molecule has 1 aromatic carbocycles. The van der Waals surface area contributed by atoms with E-state index in [9.17, 15) is 18.0 Å². The highest BCUT2D eigenvalue weighted by molar-refractivity contribution is 5.94. The molecule has 0 radical (unpaired) electrons. The van der Waals surface area contributed by atoms with Gasteiger partial charge >= 0.3 is 6.18 Å². The van der Waals surface area contributed by atoms with Gasteiger partial charge in [0.25, 0.3) is 5.91 Å². The van der Waals surface area contributed by atoms with Gasteiger partial charge in [-0.25, -0.2) is 0 Å². The minimum atomic E-state index is -4.43. The van der Waals surface area contributed by atoms with E-state index < -0.39 is 18.6 Å². The third-order valence-electron chi connectivity index (χ3n) is 3.06. The number of hydrogen-bond donors (Lipinski definition) is 1. The molecule has 0 unspecified atom stereocenters. The Balaban J connectivity index is 1.92. The molecule has 0 saturated heterocycles. The number of pyridine rings is 1. The second-order valence-corrected chi connectivity index (χ2v) is 4.88. The van der Waals surface area contributed by atoms with Crippen LogP contribution >= 0.6 is 0 Å². The molecule has 1 aromatic heterocycles. The number of hydrogen-bond acceptors (Lipinski definition) is 3. The molecular formula is C16H15F3N2O2. The van der Waals surface area contributed by atoms with Crippen LogP contribution in [0.3, 0.4) is 0 Å². The Bertz CT molecular complexity index is 670. The number of aryl methyl sites for hydroxylation is 1. The van der Waals surface area contributed by atoms with Crippen molar-refractivity contribution in [3.05, 3.63) is 59.4 Å². The summed E-state index contributed by atoms with van der Waals surface area (Å²) in [6, 6.07) is 9.62. The molecule has 0 aliphatic rings. The fourth-order valence-electron chi connectivity index (χ4n) is 1.81. The number of alkyl halides is 3. The first-order chi connectivity index (χ1) is 10.8. The average Bonchev–Trinajstić information content (AvgIpc) is 2.52. The number of amides is 1. The number of benzene rings is 1. The molecule has 1 amide bonds. The SMILES string of the molecule is Cc1cccnc1COc1ccc(C(=O)NCC(F)(F)F)cc1. The molecule has 4 nitrogen and oxygen atoms in total. The van der Waals surface area contributed by atoms with Crippen molar-refractivity contribution in [1.29, 1.82) is 0 Å². The van der Waals surface area contributed by atoms with Crippen LogP contribution in [0.1, 0.15) is 21.6 Å². The summed E-state index contributed by atoms with van der Waals surface area (Å²) in [5.41, 5.74) is 1.92. The van der Waals surface area contributed by atoms with Gasteiger partial charge in [-0.05, 0) is 42.8 Å². The van der Waals surface area contributed by atoms with Crippen molar-refractivity contribution >= 4 is 5.91 Å². The van der Waals surface area contributed by atoms with Crippen LogP contribution < -0.4 is 10.1 Å². The Labute approximate surface area is 131 Å². The number of rotatable bonds is 5. The van der Waals surface area contributed by atoms with Crippen molar-refractivity contribution in [1.82, 2.24) is 10.3 Å². The van der Waals surface area contributed by atoms with Gasteiger partial charge in [0.2, 0.25) is 0 Å². The molecule has 0 aliphatic heterocycles. The number of halogens is 3. The highest BCUT2D eigenvalue weighted by atomic mass is 19.4. The van der Waals surface area contributed by atoms with E-state index in [4.69, 9.17) is 4.74 Å². The monoisotopic (exact) mass is 324 g/mol. The first kappa shape index (κ1) is 16.8. The summed E-state index contributed by atoms with van der Waals surface area (Å²) in [6.07, 6.45) is -2.76. The molecule has 0 atom stereocenters.